The normalized spacial score (nSPS) is 21.3. The minimum absolute atomic E-state index is 0.00738. The van der Waals surface area contributed by atoms with Gasteiger partial charge in [-0.3, -0.25) is 4.79 Å². The number of nitrogens with zero attached hydrogens (tertiary/aromatic N) is 1. The van der Waals surface area contributed by atoms with Crippen LogP contribution in [0.2, 0.25) is 0 Å². The van der Waals surface area contributed by atoms with Gasteiger partial charge in [0.15, 0.2) is 0 Å². The molecule has 0 spiro atoms. The molecular weight excluding hydrogens is 341 g/mol. The molecule has 2 rings (SSSR count). The molecule has 1 aliphatic rings. The molecule has 2 nitrogen and oxygen atoms in total. The van der Waals surface area contributed by atoms with Crippen LogP contribution in [-0.2, 0) is 4.79 Å². The zero-order chi connectivity index (χ0) is 11.7. The minimum atomic E-state index is -0.345. The van der Waals surface area contributed by atoms with Crippen LogP contribution in [0.25, 0.3) is 0 Å². The van der Waals surface area contributed by atoms with E-state index in [1.54, 1.807) is 17.0 Å². The maximum Gasteiger partial charge on any atom is 0.240 e. The van der Waals surface area contributed by atoms with Gasteiger partial charge in [-0.1, -0.05) is 15.9 Å². The molecule has 1 aromatic rings. The van der Waals surface area contributed by atoms with Crippen LogP contribution < -0.4 is 4.90 Å². The lowest BCUT2D eigenvalue weighted by Gasteiger charge is -2.29. The molecule has 0 N–H and O–H groups in total. The van der Waals surface area contributed by atoms with E-state index in [1.807, 2.05) is 0 Å². The molecule has 0 bridgehead atoms. The van der Waals surface area contributed by atoms with Crippen LogP contribution in [0, 0.1) is 5.82 Å². The maximum atomic E-state index is 13.4. The predicted octanol–water partition coefficient (Wildman–Crippen LogP) is 3.48. The van der Waals surface area contributed by atoms with E-state index in [1.165, 1.54) is 6.07 Å². The predicted molar refractivity (Wildman–Crippen MR) is 68.4 cm³/mol. The van der Waals surface area contributed by atoms with Crippen molar-refractivity contribution in [2.45, 2.75) is 17.7 Å². The monoisotopic (exact) mass is 349 g/mol. The highest BCUT2D eigenvalue weighted by molar-refractivity contribution is 9.10. The molecule has 1 atom stereocenters. The minimum Gasteiger partial charge on any atom is -0.311 e. The smallest absolute Gasteiger partial charge is 0.240 e. The highest BCUT2D eigenvalue weighted by Crippen LogP contribution is 2.27. The van der Waals surface area contributed by atoms with Gasteiger partial charge in [0.25, 0.3) is 0 Å². The van der Waals surface area contributed by atoms with Crippen LogP contribution in [-0.4, -0.2) is 17.3 Å². The fraction of sp³-hybridized carbons (Fsp3) is 0.364. The number of benzene rings is 1. The Bertz CT molecular complexity index is 424. The zero-order valence-electron chi connectivity index (χ0n) is 8.42. The largest absolute Gasteiger partial charge is 0.311 e. The Hall–Kier alpha value is -0.420. The van der Waals surface area contributed by atoms with Crippen LogP contribution in [0.4, 0.5) is 10.1 Å². The summed E-state index contributed by atoms with van der Waals surface area (Å²) in [6.07, 6.45) is 1.77. The van der Waals surface area contributed by atoms with Gasteiger partial charge in [0, 0.05) is 12.2 Å². The molecule has 1 heterocycles. The lowest BCUT2D eigenvalue weighted by atomic mass is 10.1. The van der Waals surface area contributed by atoms with Gasteiger partial charge in [0.05, 0.1) is 9.30 Å². The summed E-state index contributed by atoms with van der Waals surface area (Å²) in [5.74, 6) is -0.338. The number of rotatable bonds is 1. The van der Waals surface area contributed by atoms with Gasteiger partial charge >= 0.3 is 0 Å². The fourth-order valence-corrected chi connectivity index (χ4v) is 2.56. The molecule has 5 heteroatoms. The molecule has 1 unspecified atom stereocenters. The first-order valence-electron chi connectivity index (χ1n) is 5.00. The first-order valence-corrected chi connectivity index (χ1v) is 6.71. The van der Waals surface area contributed by atoms with Gasteiger partial charge in [0.1, 0.15) is 5.82 Å². The van der Waals surface area contributed by atoms with E-state index < -0.39 is 0 Å². The molecular formula is C11H10Br2FNO. The Morgan fingerprint density at radius 3 is 2.88 bits per heavy atom. The first-order chi connectivity index (χ1) is 7.59. The summed E-state index contributed by atoms with van der Waals surface area (Å²) in [6.45, 7) is 0.655. The summed E-state index contributed by atoms with van der Waals surface area (Å²) in [4.78, 5) is 13.3. The lowest BCUT2D eigenvalue weighted by Crippen LogP contribution is -2.41. The van der Waals surface area contributed by atoms with Crippen LogP contribution in [0.5, 0.6) is 0 Å². The second-order valence-corrected chi connectivity index (χ2v) is 5.66. The number of halogens is 3. The molecule has 0 aromatic heterocycles. The van der Waals surface area contributed by atoms with Crippen LogP contribution >= 0.6 is 31.9 Å². The number of carbonyl (C=O) groups is 1. The summed E-state index contributed by atoms with van der Waals surface area (Å²) in [7, 11) is 0. The third-order valence-corrected chi connectivity index (χ3v) is 4.08. The third-order valence-electron chi connectivity index (χ3n) is 2.59. The second kappa shape index (κ2) is 4.84. The first kappa shape index (κ1) is 12.0. The molecule has 1 fully saturated rings. The van der Waals surface area contributed by atoms with E-state index in [2.05, 4.69) is 31.9 Å². The molecule has 1 saturated heterocycles. The SMILES string of the molecule is O=C1C(Br)CCCN1c1ccc(Br)c(F)c1. The van der Waals surface area contributed by atoms with E-state index in [9.17, 15) is 9.18 Å². The van der Waals surface area contributed by atoms with Crippen LogP contribution in [0.3, 0.4) is 0 Å². The van der Waals surface area contributed by atoms with Crippen molar-refractivity contribution in [2.24, 2.45) is 0 Å². The van der Waals surface area contributed by atoms with Crippen molar-refractivity contribution < 1.29 is 9.18 Å². The Labute approximate surface area is 110 Å². The molecule has 1 aliphatic heterocycles. The number of anilines is 1. The van der Waals surface area contributed by atoms with Crippen molar-refractivity contribution in [3.05, 3.63) is 28.5 Å². The average molecular weight is 351 g/mol. The summed E-state index contributed by atoms with van der Waals surface area (Å²) in [5, 5.41) is 0. The summed E-state index contributed by atoms with van der Waals surface area (Å²) in [5.41, 5.74) is 0.620. The molecule has 0 aliphatic carbocycles. The van der Waals surface area contributed by atoms with Gasteiger partial charge in [-0.2, -0.15) is 0 Å². The topological polar surface area (TPSA) is 20.3 Å². The average Bonchev–Trinajstić information content (AvgIpc) is 2.26. The third kappa shape index (κ3) is 2.30. The van der Waals surface area contributed by atoms with E-state index >= 15 is 0 Å². The Balaban J connectivity index is 2.29. The summed E-state index contributed by atoms with van der Waals surface area (Å²) < 4.78 is 13.8. The van der Waals surface area contributed by atoms with Crippen LogP contribution in [0.15, 0.2) is 22.7 Å². The quantitative estimate of drug-likeness (QED) is 0.710. The fourth-order valence-electron chi connectivity index (χ4n) is 1.74. The van der Waals surface area contributed by atoms with Gasteiger partial charge < -0.3 is 4.90 Å². The van der Waals surface area contributed by atoms with Gasteiger partial charge in [-0.05, 0) is 47.0 Å². The van der Waals surface area contributed by atoms with Gasteiger partial charge in [-0.25, -0.2) is 4.39 Å². The number of alkyl halides is 1. The summed E-state index contributed by atoms with van der Waals surface area (Å²) in [6, 6.07) is 4.75. The molecule has 0 saturated carbocycles. The molecule has 1 aromatic carbocycles. The Morgan fingerprint density at radius 1 is 1.44 bits per heavy atom. The van der Waals surface area contributed by atoms with E-state index in [0.29, 0.717) is 16.7 Å². The van der Waals surface area contributed by atoms with Crippen molar-refractivity contribution in [3.8, 4) is 0 Å². The number of piperidine rings is 1. The number of carbonyl (C=O) groups excluding carboxylic acids is 1. The molecule has 1 amide bonds. The highest BCUT2D eigenvalue weighted by atomic mass is 79.9. The highest BCUT2D eigenvalue weighted by Gasteiger charge is 2.27. The lowest BCUT2D eigenvalue weighted by molar-refractivity contribution is -0.118. The van der Waals surface area contributed by atoms with Crippen molar-refractivity contribution in [1.29, 1.82) is 0 Å². The Morgan fingerprint density at radius 2 is 2.19 bits per heavy atom. The Kier molecular flexibility index (Phi) is 3.64. The number of hydrogen-bond donors (Lipinski definition) is 0. The zero-order valence-corrected chi connectivity index (χ0v) is 11.6. The summed E-state index contributed by atoms with van der Waals surface area (Å²) >= 11 is 6.42. The van der Waals surface area contributed by atoms with Crippen molar-refractivity contribution in [2.75, 3.05) is 11.4 Å². The van der Waals surface area contributed by atoms with E-state index in [4.69, 9.17) is 0 Å². The van der Waals surface area contributed by atoms with E-state index in [-0.39, 0.29) is 16.6 Å². The molecule has 86 valence electrons. The van der Waals surface area contributed by atoms with Crippen molar-refractivity contribution in [3.63, 3.8) is 0 Å². The van der Waals surface area contributed by atoms with Gasteiger partial charge in [-0.15, -0.1) is 0 Å². The molecule has 0 radical (unpaired) electrons. The number of amides is 1. The standard InChI is InChI=1S/C11H10Br2FNO/c12-8-4-3-7(6-10(8)14)15-5-1-2-9(13)11(15)16/h3-4,6,9H,1-2,5H2. The van der Waals surface area contributed by atoms with Crippen LogP contribution in [0.1, 0.15) is 12.8 Å². The molecule has 16 heavy (non-hydrogen) atoms. The second-order valence-electron chi connectivity index (χ2n) is 3.70. The number of hydrogen-bond acceptors (Lipinski definition) is 1. The maximum absolute atomic E-state index is 13.4. The van der Waals surface area contributed by atoms with E-state index in [0.717, 1.165) is 12.8 Å². The van der Waals surface area contributed by atoms with Crippen molar-refractivity contribution in [1.82, 2.24) is 0 Å². The van der Waals surface area contributed by atoms with Gasteiger partial charge in [0.2, 0.25) is 5.91 Å². The van der Waals surface area contributed by atoms with Crippen molar-refractivity contribution >= 4 is 43.5 Å².